The lowest BCUT2D eigenvalue weighted by atomic mass is 10.4. The summed E-state index contributed by atoms with van der Waals surface area (Å²) in [7, 11) is -7.42. The minimum absolute atomic E-state index is 0.372. The van der Waals surface area contributed by atoms with Crippen LogP contribution in [0.2, 0.25) is 0 Å². The van der Waals surface area contributed by atoms with Gasteiger partial charge in [0.15, 0.2) is 14.9 Å². The molecule has 0 aromatic carbocycles. The van der Waals surface area contributed by atoms with Gasteiger partial charge in [0.2, 0.25) is 10.0 Å². The number of sulfonamides is 1. The lowest BCUT2D eigenvalue weighted by molar-refractivity contribution is 0.265. The molecule has 1 atom stereocenters. The summed E-state index contributed by atoms with van der Waals surface area (Å²) >= 11 is 0. The molecule has 0 unspecified atom stereocenters. The van der Waals surface area contributed by atoms with Crippen molar-refractivity contribution in [1.82, 2.24) is 4.72 Å². The highest BCUT2D eigenvalue weighted by Crippen LogP contribution is 1.94. The number of nitrogens with one attached hydrogen (secondary N) is 1. The predicted molar refractivity (Wildman–Crippen MR) is 48.3 cm³/mol. The Bertz CT molecular complexity index is 343. The molecule has 0 fully saturated rings. The molecular weight excluding hydrogens is 218 g/mol. The molecule has 0 heterocycles. The second kappa shape index (κ2) is 4.36. The normalized spacial score (nSPS) is 15.6. The van der Waals surface area contributed by atoms with E-state index in [0.717, 1.165) is 6.26 Å². The number of sulfone groups is 1. The van der Waals surface area contributed by atoms with Crippen LogP contribution in [-0.2, 0) is 19.9 Å². The molecule has 6 nitrogen and oxygen atoms in total. The fraction of sp³-hybridized carbons (Fsp3) is 1.00. The third-order valence-electron chi connectivity index (χ3n) is 1.02. The van der Waals surface area contributed by atoms with Gasteiger partial charge in [-0.05, 0) is 6.92 Å². The molecular formula is C5H13NO5S2. The van der Waals surface area contributed by atoms with Crippen molar-refractivity contribution < 1.29 is 21.9 Å². The van der Waals surface area contributed by atoms with Crippen molar-refractivity contribution in [2.24, 2.45) is 0 Å². The molecule has 80 valence electrons. The van der Waals surface area contributed by atoms with E-state index in [1.54, 1.807) is 0 Å². The second-order valence-electron chi connectivity index (χ2n) is 2.86. The van der Waals surface area contributed by atoms with E-state index in [4.69, 9.17) is 5.11 Å². The number of hydrogen-bond acceptors (Lipinski definition) is 5. The Morgan fingerprint density at radius 1 is 1.31 bits per heavy atom. The van der Waals surface area contributed by atoms with E-state index in [0.29, 0.717) is 0 Å². The molecule has 0 rings (SSSR count). The van der Waals surface area contributed by atoms with E-state index in [-0.39, 0.29) is 6.61 Å². The molecule has 0 aromatic rings. The molecule has 0 amide bonds. The van der Waals surface area contributed by atoms with Gasteiger partial charge in [0.05, 0.1) is 6.61 Å². The quantitative estimate of drug-likeness (QED) is 0.586. The van der Waals surface area contributed by atoms with Crippen molar-refractivity contribution in [1.29, 1.82) is 0 Å². The molecule has 2 N–H and O–H groups in total. The summed E-state index contributed by atoms with van der Waals surface area (Å²) in [5.41, 5.74) is 0. The van der Waals surface area contributed by atoms with Gasteiger partial charge in [-0.3, -0.25) is 0 Å². The first kappa shape index (κ1) is 12.8. The molecule has 0 saturated heterocycles. The largest absolute Gasteiger partial charge is 0.395 e. The molecule has 0 aliphatic heterocycles. The first-order valence-corrected chi connectivity index (χ1v) is 7.16. The van der Waals surface area contributed by atoms with Crippen molar-refractivity contribution in [3.05, 3.63) is 0 Å². The second-order valence-corrected chi connectivity index (χ2v) is 7.12. The Kier molecular flexibility index (Phi) is 4.30. The Labute approximate surface area is 77.9 Å². The van der Waals surface area contributed by atoms with E-state index < -0.39 is 31.0 Å². The average Bonchev–Trinajstić information content (AvgIpc) is 1.80. The monoisotopic (exact) mass is 231 g/mol. The lowest BCUT2D eigenvalue weighted by Crippen LogP contribution is -2.38. The van der Waals surface area contributed by atoms with Crippen molar-refractivity contribution in [2.45, 2.75) is 13.0 Å². The third kappa shape index (κ3) is 6.94. The van der Waals surface area contributed by atoms with Crippen molar-refractivity contribution in [3.63, 3.8) is 0 Å². The van der Waals surface area contributed by atoms with Crippen LogP contribution in [0.4, 0.5) is 0 Å². The lowest BCUT2D eigenvalue weighted by Gasteiger charge is -2.10. The standard InChI is InChI=1S/C5H13NO5S2/c1-5(3-7)6-13(10,11)4-12(2,8)9/h5-7H,3-4H2,1-2H3/t5-/m0/s1. The minimum Gasteiger partial charge on any atom is -0.395 e. The van der Waals surface area contributed by atoms with Gasteiger partial charge in [-0.15, -0.1) is 0 Å². The maximum Gasteiger partial charge on any atom is 0.226 e. The van der Waals surface area contributed by atoms with Crippen LogP contribution in [0.5, 0.6) is 0 Å². The number of aliphatic hydroxyl groups is 1. The fourth-order valence-electron chi connectivity index (χ4n) is 0.660. The van der Waals surface area contributed by atoms with Crippen LogP contribution in [0.25, 0.3) is 0 Å². The summed E-state index contributed by atoms with van der Waals surface area (Å²) in [4.78, 5) is 0. The van der Waals surface area contributed by atoms with Crippen molar-refractivity contribution in [2.75, 3.05) is 17.9 Å². The first-order valence-electron chi connectivity index (χ1n) is 3.45. The highest BCUT2D eigenvalue weighted by atomic mass is 32.3. The highest BCUT2D eigenvalue weighted by molar-refractivity contribution is 8.06. The molecule has 0 aromatic heterocycles. The van der Waals surface area contributed by atoms with E-state index in [1.165, 1.54) is 6.92 Å². The van der Waals surface area contributed by atoms with E-state index in [9.17, 15) is 16.8 Å². The van der Waals surface area contributed by atoms with Crippen LogP contribution >= 0.6 is 0 Å². The van der Waals surface area contributed by atoms with Crippen LogP contribution in [0, 0.1) is 0 Å². The molecule has 0 aliphatic carbocycles. The maximum absolute atomic E-state index is 11.0. The molecule has 0 saturated carbocycles. The smallest absolute Gasteiger partial charge is 0.226 e. The van der Waals surface area contributed by atoms with Gasteiger partial charge in [0.1, 0.15) is 0 Å². The van der Waals surface area contributed by atoms with Gasteiger partial charge in [-0.25, -0.2) is 21.6 Å². The van der Waals surface area contributed by atoms with Crippen molar-refractivity contribution in [3.8, 4) is 0 Å². The molecule has 13 heavy (non-hydrogen) atoms. The van der Waals surface area contributed by atoms with E-state index >= 15 is 0 Å². The number of aliphatic hydroxyl groups excluding tert-OH is 1. The Morgan fingerprint density at radius 3 is 2.08 bits per heavy atom. The van der Waals surface area contributed by atoms with Gasteiger partial charge in [0.25, 0.3) is 0 Å². The van der Waals surface area contributed by atoms with Gasteiger partial charge in [0, 0.05) is 12.3 Å². The molecule has 0 aliphatic rings. The molecule has 8 heteroatoms. The zero-order valence-corrected chi connectivity index (χ0v) is 9.02. The van der Waals surface area contributed by atoms with Gasteiger partial charge in [-0.1, -0.05) is 0 Å². The minimum atomic E-state index is -3.85. The fourth-order valence-corrected chi connectivity index (χ4v) is 3.87. The zero-order chi connectivity index (χ0) is 10.7. The first-order chi connectivity index (χ1) is 5.66. The third-order valence-corrected chi connectivity index (χ3v) is 4.74. The van der Waals surface area contributed by atoms with Crippen LogP contribution in [0.1, 0.15) is 6.92 Å². The van der Waals surface area contributed by atoms with Gasteiger partial charge in [-0.2, -0.15) is 0 Å². The zero-order valence-electron chi connectivity index (χ0n) is 7.39. The Hall–Kier alpha value is -0.180. The summed E-state index contributed by atoms with van der Waals surface area (Å²) in [5.74, 6) is 0. The summed E-state index contributed by atoms with van der Waals surface area (Å²) in [6, 6.07) is -0.674. The van der Waals surface area contributed by atoms with Gasteiger partial charge < -0.3 is 5.11 Å². The van der Waals surface area contributed by atoms with Crippen LogP contribution in [0.3, 0.4) is 0 Å². The summed E-state index contributed by atoms with van der Waals surface area (Å²) in [6.45, 7) is 1.06. The number of rotatable bonds is 5. The number of hydrogen-bond donors (Lipinski definition) is 2. The van der Waals surface area contributed by atoms with E-state index in [1.807, 2.05) is 4.72 Å². The summed E-state index contributed by atoms with van der Waals surface area (Å²) in [5, 5.41) is 7.57. The average molecular weight is 231 g/mol. The SMILES string of the molecule is C[C@@H](CO)NS(=O)(=O)CS(C)(=O)=O. The van der Waals surface area contributed by atoms with Crippen molar-refractivity contribution >= 4 is 19.9 Å². The highest BCUT2D eigenvalue weighted by Gasteiger charge is 2.19. The predicted octanol–water partition coefficient (Wildman–Crippen LogP) is -1.71. The van der Waals surface area contributed by atoms with Gasteiger partial charge >= 0.3 is 0 Å². The Morgan fingerprint density at radius 2 is 1.77 bits per heavy atom. The molecule has 0 spiro atoms. The molecule has 0 bridgehead atoms. The summed E-state index contributed by atoms with van der Waals surface area (Å²) < 4.78 is 45.3. The van der Waals surface area contributed by atoms with Crippen LogP contribution < -0.4 is 4.72 Å². The molecule has 0 radical (unpaired) electrons. The van der Waals surface area contributed by atoms with Crippen LogP contribution in [-0.4, -0.2) is 45.9 Å². The maximum atomic E-state index is 11.0. The Balaban J connectivity index is 4.45. The summed E-state index contributed by atoms with van der Waals surface area (Å²) in [6.07, 6.45) is 0.829. The van der Waals surface area contributed by atoms with E-state index in [2.05, 4.69) is 0 Å². The topological polar surface area (TPSA) is 101 Å². The van der Waals surface area contributed by atoms with Crippen LogP contribution in [0.15, 0.2) is 0 Å².